The molecule has 0 saturated heterocycles. The van der Waals surface area contributed by atoms with Crippen molar-refractivity contribution >= 4 is 29.3 Å². The van der Waals surface area contributed by atoms with Gasteiger partial charge in [0.05, 0.1) is 0 Å². The maximum absolute atomic E-state index is 11.9. The van der Waals surface area contributed by atoms with Crippen molar-refractivity contribution in [3.8, 4) is 0 Å². The number of aromatic amines is 1. The number of carbonyl (C=O) groups excluding carboxylic acids is 2. The highest BCUT2D eigenvalue weighted by molar-refractivity contribution is 6.04. The first-order valence-electron chi connectivity index (χ1n) is 5.93. The molecule has 0 saturated carbocycles. The van der Waals surface area contributed by atoms with Crippen molar-refractivity contribution in [2.75, 3.05) is 10.6 Å². The molecular weight excluding hydrogens is 276 g/mol. The van der Waals surface area contributed by atoms with E-state index in [4.69, 9.17) is 5.11 Å². The number of H-pyrrole nitrogens is 1. The van der Waals surface area contributed by atoms with Crippen molar-refractivity contribution in [3.63, 3.8) is 0 Å². The highest BCUT2D eigenvalue weighted by atomic mass is 16.4. The Hall–Kier alpha value is -3.16. The largest absolute Gasteiger partial charge is 0.477 e. The maximum atomic E-state index is 11.9. The second-order valence-corrected chi connectivity index (χ2v) is 4.18. The normalized spacial score (nSPS) is 9.95. The van der Waals surface area contributed by atoms with Gasteiger partial charge in [0, 0.05) is 24.2 Å². The summed E-state index contributed by atoms with van der Waals surface area (Å²) >= 11 is 0. The van der Waals surface area contributed by atoms with Gasteiger partial charge in [-0.3, -0.25) is 14.7 Å². The van der Waals surface area contributed by atoms with Crippen LogP contribution in [0.15, 0.2) is 30.3 Å². The standard InChI is InChI=1S/C13H12N4O4/c1-7(18)14-9-4-2-8(3-5-9)12(19)15-11-6-10(13(20)21)16-17-11/h2-6H,1H3,(H,14,18)(H,20,21)(H2,15,16,17,19). The molecule has 21 heavy (non-hydrogen) atoms. The minimum Gasteiger partial charge on any atom is -0.477 e. The molecule has 0 aliphatic rings. The van der Waals surface area contributed by atoms with E-state index in [1.165, 1.54) is 25.1 Å². The van der Waals surface area contributed by atoms with Crippen LogP contribution in [0.3, 0.4) is 0 Å². The van der Waals surface area contributed by atoms with Crippen molar-refractivity contribution in [1.82, 2.24) is 10.2 Å². The number of aromatic carboxylic acids is 1. The number of amides is 2. The molecule has 0 bridgehead atoms. The lowest BCUT2D eigenvalue weighted by Crippen LogP contribution is -2.12. The lowest BCUT2D eigenvalue weighted by molar-refractivity contribution is -0.114. The first-order chi connectivity index (χ1) is 9.95. The molecule has 0 unspecified atom stereocenters. The Labute approximate surface area is 119 Å². The third-order valence-corrected chi connectivity index (χ3v) is 2.52. The summed E-state index contributed by atoms with van der Waals surface area (Å²) in [6.45, 7) is 1.39. The van der Waals surface area contributed by atoms with Crippen LogP contribution in [0.1, 0.15) is 27.8 Å². The molecule has 1 aromatic carbocycles. The minimum absolute atomic E-state index is 0.114. The Morgan fingerprint density at radius 1 is 1.14 bits per heavy atom. The molecule has 8 nitrogen and oxygen atoms in total. The number of nitrogens with one attached hydrogen (secondary N) is 3. The molecule has 4 N–H and O–H groups in total. The van der Waals surface area contributed by atoms with E-state index in [1.54, 1.807) is 12.1 Å². The fourth-order valence-corrected chi connectivity index (χ4v) is 1.59. The maximum Gasteiger partial charge on any atom is 0.353 e. The van der Waals surface area contributed by atoms with Crippen molar-refractivity contribution in [2.24, 2.45) is 0 Å². The predicted molar refractivity (Wildman–Crippen MR) is 74.2 cm³/mol. The summed E-state index contributed by atoms with van der Waals surface area (Å²) in [4.78, 5) is 33.5. The molecule has 0 aliphatic carbocycles. The third-order valence-electron chi connectivity index (χ3n) is 2.52. The zero-order valence-corrected chi connectivity index (χ0v) is 11.0. The molecule has 0 atom stereocenters. The van der Waals surface area contributed by atoms with Crippen LogP contribution in [-0.4, -0.2) is 33.1 Å². The fourth-order valence-electron chi connectivity index (χ4n) is 1.59. The summed E-state index contributed by atoms with van der Waals surface area (Å²) in [5, 5.41) is 19.7. The van der Waals surface area contributed by atoms with Crippen molar-refractivity contribution in [1.29, 1.82) is 0 Å². The number of anilines is 2. The van der Waals surface area contributed by atoms with Gasteiger partial charge in [-0.25, -0.2) is 4.79 Å². The smallest absolute Gasteiger partial charge is 0.353 e. The number of carbonyl (C=O) groups is 3. The summed E-state index contributed by atoms with van der Waals surface area (Å²) in [7, 11) is 0. The van der Waals surface area contributed by atoms with Crippen LogP contribution in [0.4, 0.5) is 11.5 Å². The van der Waals surface area contributed by atoms with Gasteiger partial charge in [0.15, 0.2) is 5.82 Å². The van der Waals surface area contributed by atoms with Crippen LogP contribution in [-0.2, 0) is 4.79 Å². The molecular formula is C13H12N4O4. The van der Waals surface area contributed by atoms with Crippen molar-refractivity contribution in [2.45, 2.75) is 6.92 Å². The first-order valence-corrected chi connectivity index (χ1v) is 5.93. The number of aromatic nitrogens is 2. The average molecular weight is 288 g/mol. The molecule has 1 heterocycles. The van der Waals surface area contributed by atoms with Crippen LogP contribution in [0.5, 0.6) is 0 Å². The Morgan fingerprint density at radius 2 is 1.81 bits per heavy atom. The quantitative estimate of drug-likeness (QED) is 0.675. The Kier molecular flexibility index (Phi) is 3.98. The van der Waals surface area contributed by atoms with E-state index in [1.807, 2.05) is 0 Å². The topological polar surface area (TPSA) is 124 Å². The monoisotopic (exact) mass is 288 g/mol. The number of carboxylic acids is 1. The Balaban J connectivity index is 2.05. The van der Waals surface area contributed by atoms with Gasteiger partial charge in [-0.05, 0) is 24.3 Å². The number of carboxylic acid groups (broad SMARTS) is 1. The summed E-state index contributed by atoms with van der Waals surface area (Å²) < 4.78 is 0. The molecule has 1 aromatic heterocycles. The van der Waals surface area contributed by atoms with E-state index < -0.39 is 11.9 Å². The van der Waals surface area contributed by atoms with Gasteiger partial charge >= 0.3 is 5.97 Å². The van der Waals surface area contributed by atoms with E-state index in [0.29, 0.717) is 11.3 Å². The number of rotatable bonds is 4. The zero-order valence-electron chi connectivity index (χ0n) is 11.0. The molecule has 0 spiro atoms. The van der Waals surface area contributed by atoms with Gasteiger partial charge in [-0.2, -0.15) is 5.10 Å². The molecule has 0 fully saturated rings. The lowest BCUT2D eigenvalue weighted by Gasteiger charge is -2.04. The number of hydrogen-bond acceptors (Lipinski definition) is 4. The van der Waals surface area contributed by atoms with Crippen LogP contribution in [0, 0.1) is 0 Å². The number of nitrogens with zero attached hydrogens (tertiary/aromatic N) is 1. The lowest BCUT2D eigenvalue weighted by atomic mass is 10.2. The molecule has 108 valence electrons. The van der Waals surface area contributed by atoms with Crippen molar-refractivity contribution < 1.29 is 19.5 Å². The number of benzene rings is 1. The molecule has 8 heteroatoms. The second kappa shape index (κ2) is 5.87. The first kappa shape index (κ1) is 14.3. The van der Waals surface area contributed by atoms with E-state index >= 15 is 0 Å². The van der Waals surface area contributed by atoms with Crippen LogP contribution < -0.4 is 10.6 Å². The van der Waals surface area contributed by atoms with Crippen LogP contribution in [0.2, 0.25) is 0 Å². The number of hydrogen-bond donors (Lipinski definition) is 4. The Bertz CT molecular complexity index is 690. The van der Waals surface area contributed by atoms with Crippen molar-refractivity contribution in [3.05, 3.63) is 41.6 Å². The predicted octanol–water partition coefficient (Wildman–Crippen LogP) is 1.32. The summed E-state index contributed by atoms with van der Waals surface area (Å²) in [5.74, 6) is -1.69. The highest BCUT2D eigenvalue weighted by Crippen LogP contribution is 2.12. The van der Waals surface area contributed by atoms with Gasteiger partial charge in [0.2, 0.25) is 5.91 Å². The molecule has 0 radical (unpaired) electrons. The van der Waals surface area contributed by atoms with Gasteiger partial charge in [0.25, 0.3) is 5.91 Å². The van der Waals surface area contributed by atoms with Crippen LogP contribution >= 0.6 is 0 Å². The van der Waals surface area contributed by atoms with E-state index in [2.05, 4.69) is 20.8 Å². The van der Waals surface area contributed by atoms with E-state index in [0.717, 1.165) is 0 Å². The van der Waals surface area contributed by atoms with Crippen LogP contribution in [0.25, 0.3) is 0 Å². The van der Waals surface area contributed by atoms with E-state index in [9.17, 15) is 14.4 Å². The van der Waals surface area contributed by atoms with Gasteiger partial charge < -0.3 is 15.7 Å². The minimum atomic E-state index is -1.16. The van der Waals surface area contributed by atoms with E-state index in [-0.39, 0.29) is 17.4 Å². The Morgan fingerprint density at radius 3 is 2.33 bits per heavy atom. The summed E-state index contributed by atoms with van der Waals surface area (Å²) in [6, 6.07) is 7.45. The second-order valence-electron chi connectivity index (χ2n) is 4.18. The third kappa shape index (κ3) is 3.66. The van der Waals surface area contributed by atoms with Gasteiger partial charge in [-0.1, -0.05) is 0 Å². The highest BCUT2D eigenvalue weighted by Gasteiger charge is 2.11. The molecule has 0 aliphatic heterocycles. The molecule has 2 aromatic rings. The zero-order chi connectivity index (χ0) is 15.4. The molecule has 2 rings (SSSR count). The average Bonchev–Trinajstić information content (AvgIpc) is 2.87. The summed E-state index contributed by atoms with van der Waals surface area (Å²) in [5.41, 5.74) is 0.808. The summed E-state index contributed by atoms with van der Waals surface area (Å²) in [6.07, 6.45) is 0. The molecule has 2 amide bonds. The van der Waals surface area contributed by atoms with Gasteiger partial charge in [-0.15, -0.1) is 0 Å². The van der Waals surface area contributed by atoms with Gasteiger partial charge in [0.1, 0.15) is 5.69 Å². The fraction of sp³-hybridized carbons (Fsp3) is 0.0769. The SMILES string of the molecule is CC(=O)Nc1ccc(C(=O)Nc2cc(C(=O)O)[nH]n2)cc1.